The molecule has 1 heterocycles. The number of nitrogens with zero attached hydrogens (tertiary/aromatic N) is 1. The summed E-state index contributed by atoms with van der Waals surface area (Å²) in [4.78, 5) is 4.72. The Kier molecular flexibility index (Phi) is 13.9. The van der Waals surface area contributed by atoms with Crippen LogP contribution in [0.2, 0.25) is 0 Å². The molecule has 0 aromatic carbocycles. The predicted octanol–water partition coefficient (Wildman–Crippen LogP) is 3.51. The summed E-state index contributed by atoms with van der Waals surface area (Å²) in [5, 5.41) is 7.48. The zero-order valence-corrected chi connectivity index (χ0v) is 17.7. The normalized spacial score (nSPS) is 19.9. The number of ether oxygens (including phenoxy) is 1. The van der Waals surface area contributed by atoms with Crippen LogP contribution in [0.5, 0.6) is 0 Å². The standard InChI is InChI=1S/C16H33N3OS.HI/c1-5-17-16(19-12-14-8-7-11-21-14)18-10-9-15(13(3)4)20-6-2;/h13-15H,5-12H2,1-4H3,(H2,17,18,19);1H. The van der Waals surface area contributed by atoms with E-state index in [2.05, 4.69) is 50.1 Å². The van der Waals surface area contributed by atoms with Crippen LogP contribution in [0.3, 0.4) is 0 Å². The van der Waals surface area contributed by atoms with Crippen molar-refractivity contribution in [1.82, 2.24) is 10.6 Å². The third-order valence-corrected chi connectivity index (χ3v) is 5.05. The summed E-state index contributed by atoms with van der Waals surface area (Å²) in [6, 6.07) is 0. The van der Waals surface area contributed by atoms with Crippen molar-refractivity contribution in [2.45, 2.75) is 58.3 Å². The van der Waals surface area contributed by atoms with Gasteiger partial charge in [-0.15, -0.1) is 24.0 Å². The Morgan fingerprint density at radius 3 is 2.64 bits per heavy atom. The number of halogens is 1. The Morgan fingerprint density at radius 1 is 1.32 bits per heavy atom. The molecule has 1 rings (SSSR count). The maximum Gasteiger partial charge on any atom is 0.191 e. The number of aliphatic imine (C=N–C) groups is 1. The van der Waals surface area contributed by atoms with Crippen LogP contribution in [0.1, 0.15) is 47.0 Å². The Bertz CT molecular complexity index is 297. The lowest BCUT2D eigenvalue weighted by molar-refractivity contribution is 0.0258. The summed E-state index contributed by atoms with van der Waals surface area (Å²) in [5.74, 6) is 2.80. The van der Waals surface area contributed by atoms with Crippen molar-refractivity contribution in [3.63, 3.8) is 0 Å². The van der Waals surface area contributed by atoms with E-state index < -0.39 is 0 Å². The van der Waals surface area contributed by atoms with E-state index in [0.717, 1.165) is 38.6 Å². The summed E-state index contributed by atoms with van der Waals surface area (Å²) in [5.41, 5.74) is 0. The van der Waals surface area contributed by atoms with Crippen molar-refractivity contribution in [3.05, 3.63) is 0 Å². The van der Waals surface area contributed by atoms with Gasteiger partial charge in [-0.2, -0.15) is 11.8 Å². The highest BCUT2D eigenvalue weighted by Crippen LogP contribution is 2.25. The fourth-order valence-corrected chi connectivity index (χ4v) is 3.66. The van der Waals surface area contributed by atoms with Crippen LogP contribution in [0, 0.1) is 5.92 Å². The Labute approximate surface area is 158 Å². The zero-order chi connectivity index (χ0) is 15.5. The minimum Gasteiger partial charge on any atom is -0.378 e. The lowest BCUT2D eigenvalue weighted by Gasteiger charge is -2.21. The topological polar surface area (TPSA) is 45.7 Å². The van der Waals surface area contributed by atoms with E-state index in [4.69, 9.17) is 9.73 Å². The number of nitrogens with one attached hydrogen (secondary N) is 2. The molecule has 0 bridgehead atoms. The van der Waals surface area contributed by atoms with Gasteiger partial charge in [0, 0.05) is 24.9 Å². The van der Waals surface area contributed by atoms with Crippen LogP contribution in [0.25, 0.3) is 0 Å². The van der Waals surface area contributed by atoms with Crippen LogP contribution in [-0.4, -0.2) is 49.3 Å². The lowest BCUT2D eigenvalue weighted by Crippen LogP contribution is -2.39. The summed E-state index contributed by atoms with van der Waals surface area (Å²) >= 11 is 2.06. The SMILES string of the molecule is CCNC(=NCC1CCCS1)NCCC(OCC)C(C)C.I. The highest BCUT2D eigenvalue weighted by atomic mass is 127. The number of rotatable bonds is 9. The zero-order valence-electron chi connectivity index (χ0n) is 14.6. The van der Waals surface area contributed by atoms with Crippen LogP contribution >= 0.6 is 35.7 Å². The third-order valence-electron chi connectivity index (χ3n) is 3.67. The van der Waals surface area contributed by atoms with Crippen molar-refractivity contribution >= 4 is 41.7 Å². The molecule has 22 heavy (non-hydrogen) atoms. The molecule has 1 fully saturated rings. The third kappa shape index (κ3) is 9.45. The van der Waals surface area contributed by atoms with E-state index in [9.17, 15) is 0 Å². The van der Waals surface area contributed by atoms with Crippen LogP contribution in [0.15, 0.2) is 4.99 Å². The number of guanidine groups is 1. The first-order chi connectivity index (χ1) is 10.2. The van der Waals surface area contributed by atoms with E-state index in [1.54, 1.807) is 0 Å². The van der Waals surface area contributed by atoms with E-state index in [0.29, 0.717) is 17.3 Å². The van der Waals surface area contributed by atoms with Gasteiger partial charge >= 0.3 is 0 Å². The first-order valence-corrected chi connectivity index (χ1v) is 9.47. The minimum absolute atomic E-state index is 0. The van der Waals surface area contributed by atoms with Gasteiger partial charge in [-0.3, -0.25) is 4.99 Å². The van der Waals surface area contributed by atoms with Crippen LogP contribution in [-0.2, 0) is 4.74 Å². The molecule has 2 unspecified atom stereocenters. The number of hydrogen-bond donors (Lipinski definition) is 2. The van der Waals surface area contributed by atoms with Gasteiger partial charge in [0.15, 0.2) is 5.96 Å². The highest BCUT2D eigenvalue weighted by Gasteiger charge is 2.15. The molecule has 0 aromatic heterocycles. The summed E-state index contributed by atoms with van der Waals surface area (Å²) in [6.45, 7) is 12.1. The molecule has 0 aliphatic carbocycles. The quantitative estimate of drug-likeness (QED) is 0.325. The molecular formula is C16H34IN3OS. The van der Waals surface area contributed by atoms with E-state index in [1.807, 2.05) is 0 Å². The monoisotopic (exact) mass is 443 g/mol. The Hall–Kier alpha value is 0.310. The Morgan fingerprint density at radius 2 is 2.09 bits per heavy atom. The lowest BCUT2D eigenvalue weighted by atomic mass is 10.0. The summed E-state index contributed by atoms with van der Waals surface area (Å²) < 4.78 is 5.78. The van der Waals surface area contributed by atoms with Gasteiger partial charge in [0.25, 0.3) is 0 Å². The molecule has 0 aromatic rings. The van der Waals surface area contributed by atoms with Gasteiger partial charge in [-0.05, 0) is 44.8 Å². The first kappa shape index (κ1) is 22.3. The highest BCUT2D eigenvalue weighted by molar-refractivity contribution is 14.0. The molecule has 0 amide bonds. The average Bonchev–Trinajstić information content (AvgIpc) is 2.96. The largest absolute Gasteiger partial charge is 0.378 e. The van der Waals surface area contributed by atoms with Gasteiger partial charge in [0.2, 0.25) is 0 Å². The van der Waals surface area contributed by atoms with Gasteiger partial charge in [-0.1, -0.05) is 13.8 Å². The van der Waals surface area contributed by atoms with Gasteiger partial charge < -0.3 is 15.4 Å². The van der Waals surface area contributed by atoms with Crippen LogP contribution in [0.4, 0.5) is 0 Å². The fourth-order valence-electron chi connectivity index (χ4n) is 2.48. The molecule has 2 atom stereocenters. The minimum atomic E-state index is 0. The first-order valence-electron chi connectivity index (χ1n) is 8.42. The molecule has 0 spiro atoms. The molecule has 0 radical (unpaired) electrons. The summed E-state index contributed by atoms with van der Waals surface area (Å²) in [7, 11) is 0. The Balaban J connectivity index is 0.00000441. The van der Waals surface area contributed by atoms with Crippen molar-refractivity contribution in [1.29, 1.82) is 0 Å². The second-order valence-electron chi connectivity index (χ2n) is 5.81. The summed E-state index contributed by atoms with van der Waals surface area (Å²) in [6.07, 6.45) is 4.01. The van der Waals surface area contributed by atoms with Crippen molar-refractivity contribution < 1.29 is 4.74 Å². The van der Waals surface area contributed by atoms with Crippen LogP contribution < -0.4 is 10.6 Å². The van der Waals surface area contributed by atoms with E-state index in [-0.39, 0.29) is 24.0 Å². The predicted molar refractivity (Wildman–Crippen MR) is 110 cm³/mol. The average molecular weight is 443 g/mol. The molecule has 132 valence electrons. The van der Waals surface area contributed by atoms with E-state index >= 15 is 0 Å². The van der Waals surface area contributed by atoms with Crippen molar-refractivity contribution in [2.75, 3.05) is 32.0 Å². The van der Waals surface area contributed by atoms with Gasteiger partial charge in [0.05, 0.1) is 12.6 Å². The fraction of sp³-hybridized carbons (Fsp3) is 0.938. The number of thioether (sulfide) groups is 1. The van der Waals surface area contributed by atoms with E-state index in [1.165, 1.54) is 18.6 Å². The molecule has 1 aliphatic rings. The molecule has 6 heteroatoms. The molecule has 2 N–H and O–H groups in total. The van der Waals surface area contributed by atoms with Gasteiger partial charge in [0.1, 0.15) is 0 Å². The molecular weight excluding hydrogens is 409 g/mol. The molecule has 1 saturated heterocycles. The van der Waals surface area contributed by atoms with Crippen molar-refractivity contribution in [3.8, 4) is 0 Å². The maximum atomic E-state index is 5.78. The molecule has 4 nitrogen and oxygen atoms in total. The second-order valence-corrected chi connectivity index (χ2v) is 7.22. The number of hydrogen-bond acceptors (Lipinski definition) is 3. The van der Waals surface area contributed by atoms with Gasteiger partial charge in [-0.25, -0.2) is 0 Å². The second kappa shape index (κ2) is 13.7. The maximum absolute atomic E-state index is 5.78. The molecule has 1 aliphatic heterocycles. The smallest absolute Gasteiger partial charge is 0.191 e. The van der Waals surface area contributed by atoms with Crippen molar-refractivity contribution in [2.24, 2.45) is 10.9 Å². The molecule has 0 saturated carbocycles.